The molecule has 0 aliphatic carbocycles. The summed E-state index contributed by atoms with van der Waals surface area (Å²) in [6, 6.07) is 3.22. The molecular weight excluding hydrogens is 390 g/mol. The van der Waals surface area contributed by atoms with Crippen molar-refractivity contribution in [2.24, 2.45) is 7.05 Å². The number of carbonyl (C=O) groups excluding carboxylic acids is 1. The van der Waals surface area contributed by atoms with E-state index in [1.54, 1.807) is 0 Å². The van der Waals surface area contributed by atoms with Crippen molar-refractivity contribution in [3.05, 3.63) is 52.3 Å². The fourth-order valence-corrected chi connectivity index (χ4v) is 2.08. The van der Waals surface area contributed by atoms with Crippen molar-refractivity contribution in [1.82, 2.24) is 9.78 Å². The predicted molar refractivity (Wildman–Crippen MR) is 79.3 cm³/mol. The van der Waals surface area contributed by atoms with E-state index in [0.717, 1.165) is 22.9 Å². The molecule has 2 rings (SSSR count). The second kappa shape index (κ2) is 7.02. The number of esters is 1. The zero-order valence-corrected chi connectivity index (χ0v) is 13.6. The maximum absolute atomic E-state index is 12.9. The fourth-order valence-electron chi connectivity index (χ4n) is 1.89. The van der Waals surface area contributed by atoms with Crippen LogP contribution in [0.1, 0.15) is 16.8 Å². The molecule has 0 radical (unpaired) electrons. The number of ether oxygens (including phenoxy) is 1. The van der Waals surface area contributed by atoms with Gasteiger partial charge >= 0.3 is 18.3 Å². The number of alkyl halides is 6. The molecule has 0 atom stereocenters. The van der Waals surface area contributed by atoms with Crippen LogP contribution in [-0.2, 0) is 24.2 Å². The number of hydrogen-bond donors (Lipinski definition) is 0. The van der Waals surface area contributed by atoms with Crippen LogP contribution in [0, 0.1) is 0 Å². The summed E-state index contributed by atoms with van der Waals surface area (Å²) in [6.45, 7) is 0. The quantitative estimate of drug-likeness (QED) is 0.325. The van der Waals surface area contributed by atoms with Crippen LogP contribution >= 0.6 is 11.6 Å². The Balaban J connectivity index is 2.16. The van der Waals surface area contributed by atoms with Crippen LogP contribution in [0.5, 0.6) is 5.75 Å². The van der Waals surface area contributed by atoms with Crippen molar-refractivity contribution in [3.8, 4) is 5.75 Å². The third kappa shape index (κ3) is 4.57. The third-order valence-electron chi connectivity index (χ3n) is 3.07. The second-order valence-electron chi connectivity index (χ2n) is 4.95. The standard InChI is InChI=1S/C15H9ClF6N2O2/c1-24-13(16)10(12(23-24)15(20,21)22)6-7-11(25)26-9-4-2-8(3-5-9)14(17,18)19/h2-7H,1H3. The number of aryl methyl sites for hydroxylation is 1. The molecule has 0 spiro atoms. The molecule has 0 saturated carbocycles. The minimum absolute atomic E-state index is 0.207. The fraction of sp³-hybridized carbons (Fsp3) is 0.200. The van der Waals surface area contributed by atoms with Gasteiger partial charge in [-0.15, -0.1) is 0 Å². The Bertz CT molecular complexity index is 838. The molecule has 1 heterocycles. The number of carbonyl (C=O) groups is 1. The van der Waals surface area contributed by atoms with E-state index in [1.165, 1.54) is 7.05 Å². The van der Waals surface area contributed by atoms with E-state index in [0.29, 0.717) is 18.2 Å². The topological polar surface area (TPSA) is 44.1 Å². The molecule has 0 fully saturated rings. The average molecular weight is 399 g/mol. The van der Waals surface area contributed by atoms with Crippen molar-refractivity contribution < 1.29 is 35.9 Å². The normalized spacial score (nSPS) is 12.6. The summed E-state index contributed by atoms with van der Waals surface area (Å²) in [5.74, 6) is -1.31. The number of halogens is 7. The summed E-state index contributed by atoms with van der Waals surface area (Å²) < 4.78 is 81.4. The lowest BCUT2D eigenvalue weighted by atomic mass is 10.2. The Hall–Kier alpha value is -2.49. The highest BCUT2D eigenvalue weighted by Crippen LogP contribution is 2.35. The van der Waals surface area contributed by atoms with Crippen LogP contribution in [0.15, 0.2) is 30.3 Å². The van der Waals surface area contributed by atoms with Crippen LogP contribution in [0.4, 0.5) is 26.3 Å². The molecular formula is C15H9ClF6N2O2. The molecule has 0 bridgehead atoms. The van der Waals surface area contributed by atoms with Gasteiger partial charge in [0.2, 0.25) is 0 Å². The van der Waals surface area contributed by atoms with Crippen LogP contribution < -0.4 is 4.74 Å². The van der Waals surface area contributed by atoms with Crippen LogP contribution in [0.25, 0.3) is 6.08 Å². The SMILES string of the molecule is Cn1nc(C(F)(F)F)c(C=CC(=O)Oc2ccc(C(F)(F)F)cc2)c1Cl. The smallest absolute Gasteiger partial charge is 0.423 e. The van der Waals surface area contributed by atoms with E-state index in [9.17, 15) is 31.1 Å². The molecule has 0 aliphatic rings. The monoisotopic (exact) mass is 398 g/mol. The highest BCUT2D eigenvalue weighted by atomic mass is 35.5. The second-order valence-corrected chi connectivity index (χ2v) is 5.31. The van der Waals surface area contributed by atoms with Gasteiger partial charge in [-0.3, -0.25) is 4.68 Å². The van der Waals surface area contributed by atoms with Crippen molar-refractivity contribution in [2.45, 2.75) is 12.4 Å². The summed E-state index contributed by atoms with van der Waals surface area (Å²) in [5, 5.41) is 2.87. The summed E-state index contributed by atoms with van der Waals surface area (Å²) in [5.41, 5.74) is -2.76. The van der Waals surface area contributed by atoms with Gasteiger partial charge in [-0.1, -0.05) is 11.6 Å². The molecule has 0 amide bonds. The number of benzene rings is 1. The minimum Gasteiger partial charge on any atom is -0.423 e. The van der Waals surface area contributed by atoms with Gasteiger partial charge in [-0.2, -0.15) is 31.4 Å². The number of aromatic nitrogens is 2. The highest BCUT2D eigenvalue weighted by molar-refractivity contribution is 6.31. The van der Waals surface area contributed by atoms with E-state index in [4.69, 9.17) is 16.3 Å². The lowest BCUT2D eigenvalue weighted by molar-refractivity contribution is -0.141. The van der Waals surface area contributed by atoms with Crippen molar-refractivity contribution in [1.29, 1.82) is 0 Å². The Kier molecular flexibility index (Phi) is 5.36. The zero-order chi connectivity index (χ0) is 19.7. The van der Waals surface area contributed by atoms with E-state index in [-0.39, 0.29) is 10.9 Å². The Morgan fingerprint density at radius 2 is 1.69 bits per heavy atom. The van der Waals surface area contributed by atoms with Gasteiger partial charge in [0, 0.05) is 18.7 Å². The molecule has 140 valence electrons. The molecule has 0 aliphatic heterocycles. The molecule has 26 heavy (non-hydrogen) atoms. The molecule has 1 aromatic heterocycles. The van der Waals surface area contributed by atoms with Gasteiger partial charge in [0.1, 0.15) is 10.9 Å². The van der Waals surface area contributed by atoms with Gasteiger partial charge in [0.15, 0.2) is 5.69 Å². The molecule has 0 unspecified atom stereocenters. The third-order valence-corrected chi connectivity index (χ3v) is 3.51. The van der Waals surface area contributed by atoms with E-state index < -0.39 is 35.1 Å². The van der Waals surface area contributed by atoms with Gasteiger partial charge < -0.3 is 4.74 Å². The van der Waals surface area contributed by atoms with E-state index in [1.807, 2.05) is 0 Å². The summed E-state index contributed by atoms with van der Waals surface area (Å²) in [6.07, 6.45) is -7.91. The first kappa shape index (κ1) is 19.8. The van der Waals surface area contributed by atoms with Crippen LogP contribution in [0.3, 0.4) is 0 Å². The summed E-state index contributed by atoms with van der Waals surface area (Å²) >= 11 is 5.71. The Morgan fingerprint density at radius 3 is 2.19 bits per heavy atom. The Labute approximate surface area is 147 Å². The first-order valence-corrected chi connectivity index (χ1v) is 7.14. The predicted octanol–water partition coefficient (Wildman–Crippen LogP) is 4.73. The summed E-state index contributed by atoms with van der Waals surface area (Å²) in [7, 11) is 1.19. The lowest BCUT2D eigenvalue weighted by Gasteiger charge is -2.07. The van der Waals surface area contributed by atoms with Gasteiger partial charge in [-0.05, 0) is 30.3 Å². The molecule has 1 aromatic carbocycles. The maximum atomic E-state index is 12.9. The molecule has 0 N–H and O–H groups in total. The minimum atomic E-state index is -4.79. The Morgan fingerprint density at radius 1 is 1.12 bits per heavy atom. The van der Waals surface area contributed by atoms with Crippen molar-refractivity contribution in [3.63, 3.8) is 0 Å². The largest absolute Gasteiger partial charge is 0.435 e. The first-order valence-electron chi connectivity index (χ1n) is 6.76. The van der Waals surface area contributed by atoms with Crippen molar-refractivity contribution >= 4 is 23.6 Å². The number of hydrogen-bond acceptors (Lipinski definition) is 3. The average Bonchev–Trinajstić information content (AvgIpc) is 2.80. The number of nitrogens with zero attached hydrogens (tertiary/aromatic N) is 2. The molecule has 0 saturated heterocycles. The van der Waals surface area contributed by atoms with Gasteiger partial charge in [-0.25, -0.2) is 4.79 Å². The van der Waals surface area contributed by atoms with E-state index in [2.05, 4.69) is 5.10 Å². The first-order chi connectivity index (χ1) is 11.9. The zero-order valence-electron chi connectivity index (χ0n) is 12.8. The molecule has 4 nitrogen and oxygen atoms in total. The molecule has 11 heteroatoms. The van der Waals surface area contributed by atoms with E-state index >= 15 is 0 Å². The lowest BCUT2D eigenvalue weighted by Crippen LogP contribution is -2.09. The van der Waals surface area contributed by atoms with Gasteiger partial charge in [0.25, 0.3) is 0 Å². The number of rotatable bonds is 3. The molecule has 2 aromatic rings. The highest BCUT2D eigenvalue weighted by Gasteiger charge is 2.38. The van der Waals surface area contributed by atoms with Crippen LogP contribution in [0.2, 0.25) is 5.15 Å². The van der Waals surface area contributed by atoms with Crippen molar-refractivity contribution in [2.75, 3.05) is 0 Å². The van der Waals surface area contributed by atoms with Crippen LogP contribution in [-0.4, -0.2) is 15.7 Å². The summed E-state index contributed by atoms with van der Waals surface area (Å²) in [4.78, 5) is 11.7. The van der Waals surface area contributed by atoms with Gasteiger partial charge in [0.05, 0.1) is 5.56 Å². The maximum Gasteiger partial charge on any atom is 0.435 e.